The number of pyridine rings is 1. The fourth-order valence-electron chi connectivity index (χ4n) is 1.65. The van der Waals surface area contributed by atoms with Gasteiger partial charge in [0.05, 0.1) is 0 Å². The van der Waals surface area contributed by atoms with Gasteiger partial charge in [-0.2, -0.15) is 0 Å². The molecule has 0 spiro atoms. The molecular weight excluding hydrogens is 196 g/mol. The van der Waals surface area contributed by atoms with Crippen molar-refractivity contribution in [2.24, 2.45) is 0 Å². The molecule has 14 heavy (non-hydrogen) atoms. The van der Waals surface area contributed by atoms with Crippen LogP contribution in [-0.4, -0.2) is 26.7 Å². The van der Waals surface area contributed by atoms with Crippen molar-refractivity contribution in [1.82, 2.24) is 4.98 Å². The van der Waals surface area contributed by atoms with Crippen molar-refractivity contribution in [3.05, 3.63) is 24.0 Å². The van der Waals surface area contributed by atoms with E-state index in [-0.39, 0.29) is 0 Å². The minimum atomic E-state index is -0.610. The molecule has 4 heteroatoms. The van der Waals surface area contributed by atoms with Gasteiger partial charge in [-0.25, -0.2) is 0 Å². The van der Waals surface area contributed by atoms with Gasteiger partial charge in [0.1, 0.15) is 0 Å². The van der Waals surface area contributed by atoms with Gasteiger partial charge in [0.25, 0.3) is 0 Å². The van der Waals surface area contributed by atoms with Gasteiger partial charge in [-0.05, 0) is 25.5 Å². The standard InChI is InChI=1S/C10H14N2OS/c1-8-6-9(2-4-11-8)12-10-3-5-14(13)7-10/h2,4,6,10H,3,5,7H2,1H3,(H,11,12). The third-order valence-electron chi connectivity index (χ3n) is 2.35. The number of nitrogens with zero attached hydrogens (tertiary/aromatic N) is 1. The van der Waals surface area contributed by atoms with Crippen molar-refractivity contribution in [1.29, 1.82) is 0 Å². The maximum Gasteiger partial charge on any atom is 0.0437 e. The van der Waals surface area contributed by atoms with Gasteiger partial charge in [0.2, 0.25) is 0 Å². The van der Waals surface area contributed by atoms with Crippen LogP contribution < -0.4 is 5.32 Å². The fourth-order valence-corrected chi connectivity index (χ4v) is 3.06. The number of aromatic nitrogens is 1. The highest BCUT2D eigenvalue weighted by atomic mass is 32.2. The summed E-state index contributed by atoms with van der Waals surface area (Å²) in [6, 6.07) is 4.34. The average molecular weight is 210 g/mol. The van der Waals surface area contributed by atoms with Gasteiger partial charge in [0, 0.05) is 45.9 Å². The highest BCUT2D eigenvalue weighted by Crippen LogP contribution is 2.15. The second kappa shape index (κ2) is 4.09. The summed E-state index contributed by atoms with van der Waals surface area (Å²) in [4.78, 5) is 4.13. The summed E-state index contributed by atoms with van der Waals surface area (Å²) < 4.78 is 11.2. The number of hydrogen-bond acceptors (Lipinski definition) is 3. The Morgan fingerprint density at radius 3 is 3.14 bits per heavy atom. The van der Waals surface area contributed by atoms with E-state index in [0.717, 1.165) is 29.3 Å². The van der Waals surface area contributed by atoms with Crippen LogP contribution in [0.1, 0.15) is 12.1 Å². The Morgan fingerprint density at radius 1 is 1.64 bits per heavy atom. The molecule has 2 unspecified atom stereocenters. The Kier molecular flexibility index (Phi) is 2.82. The van der Waals surface area contributed by atoms with E-state index in [2.05, 4.69) is 10.3 Å². The Bertz CT molecular complexity index is 354. The van der Waals surface area contributed by atoms with Gasteiger partial charge >= 0.3 is 0 Å². The zero-order valence-corrected chi connectivity index (χ0v) is 9.01. The lowest BCUT2D eigenvalue weighted by atomic mass is 10.2. The van der Waals surface area contributed by atoms with E-state index in [9.17, 15) is 4.21 Å². The Labute approximate surface area is 86.4 Å². The van der Waals surface area contributed by atoms with Crippen LogP contribution in [0.2, 0.25) is 0 Å². The van der Waals surface area contributed by atoms with Crippen LogP contribution in [0.3, 0.4) is 0 Å². The molecular formula is C10H14N2OS. The number of aryl methyl sites for hydroxylation is 1. The Hall–Kier alpha value is -0.900. The molecule has 0 aromatic carbocycles. The van der Waals surface area contributed by atoms with Gasteiger partial charge in [-0.1, -0.05) is 0 Å². The van der Waals surface area contributed by atoms with Crippen molar-refractivity contribution in [3.63, 3.8) is 0 Å². The van der Waals surface area contributed by atoms with E-state index in [4.69, 9.17) is 0 Å². The fraction of sp³-hybridized carbons (Fsp3) is 0.500. The van der Waals surface area contributed by atoms with E-state index >= 15 is 0 Å². The molecule has 0 saturated carbocycles. The summed E-state index contributed by atoms with van der Waals surface area (Å²) in [6.07, 6.45) is 2.80. The van der Waals surface area contributed by atoms with Gasteiger partial charge in [0.15, 0.2) is 0 Å². The lowest BCUT2D eigenvalue weighted by molar-refractivity contribution is 0.687. The molecule has 1 aliphatic rings. The van der Waals surface area contributed by atoms with Crippen molar-refractivity contribution in [2.45, 2.75) is 19.4 Å². The normalized spacial score (nSPS) is 26.4. The highest BCUT2D eigenvalue weighted by Gasteiger charge is 2.20. The molecule has 2 heterocycles. The van der Waals surface area contributed by atoms with Crippen LogP contribution in [0.25, 0.3) is 0 Å². The molecule has 0 aliphatic carbocycles. The van der Waals surface area contributed by atoms with Gasteiger partial charge < -0.3 is 5.32 Å². The monoisotopic (exact) mass is 210 g/mol. The first-order valence-corrected chi connectivity index (χ1v) is 6.27. The van der Waals surface area contributed by atoms with Crippen molar-refractivity contribution < 1.29 is 4.21 Å². The summed E-state index contributed by atoms with van der Waals surface area (Å²) in [5, 5.41) is 3.38. The first kappa shape index (κ1) is 9.65. The lowest BCUT2D eigenvalue weighted by Gasteiger charge is -2.12. The smallest absolute Gasteiger partial charge is 0.0437 e. The first-order chi connectivity index (χ1) is 6.74. The minimum Gasteiger partial charge on any atom is -0.381 e. The van der Waals surface area contributed by atoms with Crippen LogP contribution in [-0.2, 0) is 10.8 Å². The average Bonchev–Trinajstić information content (AvgIpc) is 2.51. The number of rotatable bonds is 2. The second-order valence-corrected chi connectivity index (χ2v) is 5.25. The van der Waals surface area contributed by atoms with Crippen molar-refractivity contribution in [3.8, 4) is 0 Å². The van der Waals surface area contributed by atoms with Gasteiger partial charge in [-0.3, -0.25) is 9.19 Å². The molecule has 1 N–H and O–H groups in total. The molecule has 76 valence electrons. The minimum absolute atomic E-state index is 0.373. The maximum atomic E-state index is 11.2. The molecule has 1 aromatic heterocycles. The number of anilines is 1. The SMILES string of the molecule is Cc1cc(NC2CCS(=O)C2)ccn1. The van der Waals surface area contributed by atoms with Crippen molar-refractivity contribution >= 4 is 16.5 Å². The topological polar surface area (TPSA) is 42.0 Å². The molecule has 2 atom stereocenters. The number of nitrogens with one attached hydrogen (secondary N) is 1. The molecule has 3 nitrogen and oxygen atoms in total. The number of hydrogen-bond donors (Lipinski definition) is 1. The zero-order valence-electron chi connectivity index (χ0n) is 8.19. The second-order valence-electron chi connectivity index (χ2n) is 3.63. The largest absolute Gasteiger partial charge is 0.381 e. The maximum absolute atomic E-state index is 11.2. The van der Waals surface area contributed by atoms with Gasteiger partial charge in [-0.15, -0.1) is 0 Å². The van der Waals surface area contributed by atoms with Crippen LogP contribution in [0.5, 0.6) is 0 Å². The molecule has 0 radical (unpaired) electrons. The van der Waals surface area contributed by atoms with Crippen LogP contribution in [0, 0.1) is 6.92 Å². The lowest BCUT2D eigenvalue weighted by Crippen LogP contribution is -2.19. The van der Waals surface area contributed by atoms with E-state index in [1.165, 1.54) is 0 Å². The summed E-state index contributed by atoms with van der Waals surface area (Å²) in [5.41, 5.74) is 2.09. The predicted molar refractivity (Wildman–Crippen MR) is 58.9 cm³/mol. The molecule has 1 fully saturated rings. The summed E-state index contributed by atoms with van der Waals surface area (Å²) in [5.74, 6) is 1.61. The molecule has 1 saturated heterocycles. The molecule has 1 aliphatic heterocycles. The van der Waals surface area contributed by atoms with E-state index in [0.29, 0.717) is 6.04 Å². The van der Waals surface area contributed by atoms with E-state index in [1.807, 2.05) is 19.1 Å². The predicted octanol–water partition coefficient (Wildman–Crippen LogP) is 1.32. The highest BCUT2D eigenvalue weighted by molar-refractivity contribution is 7.85. The van der Waals surface area contributed by atoms with Crippen molar-refractivity contribution in [2.75, 3.05) is 16.8 Å². The summed E-state index contributed by atoms with van der Waals surface area (Å²) >= 11 is 0. The van der Waals surface area contributed by atoms with Crippen LogP contribution in [0.15, 0.2) is 18.3 Å². The Morgan fingerprint density at radius 2 is 2.50 bits per heavy atom. The van der Waals surface area contributed by atoms with E-state index in [1.54, 1.807) is 6.20 Å². The first-order valence-electron chi connectivity index (χ1n) is 4.78. The molecule has 0 amide bonds. The Balaban J connectivity index is 2.00. The third-order valence-corrected chi connectivity index (χ3v) is 3.81. The van der Waals surface area contributed by atoms with Crippen LogP contribution in [0.4, 0.5) is 5.69 Å². The zero-order chi connectivity index (χ0) is 9.97. The molecule has 0 bridgehead atoms. The van der Waals surface area contributed by atoms with E-state index < -0.39 is 10.8 Å². The quantitative estimate of drug-likeness (QED) is 0.800. The molecule has 1 aromatic rings. The molecule has 2 rings (SSSR count). The summed E-state index contributed by atoms with van der Waals surface area (Å²) in [6.45, 7) is 1.97. The summed E-state index contributed by atoms with van der Waals surface area (Å²) in [7, 11) is -0.610. The van der Waals surface area contributed by atoms with Crippen LogP contribution >= 0.6 is 0 Å². The third kappa shape index (κ3) is 2.32.